The Morgan fingerprint density at radius 3 is 2.37 bits per heavy atom. The summed E-state index contributed by atoms with van der Waals surface area (Å²) in [7, 11) is 0. The van der Waals surface area contributed by atoms with Crippen molar-refractivity contribution in [2.75, 3.05) is 0 Å². The molecule has 3 aromatic rings. The molecule has 1 aliphatic rings. The van der Waals surface area contributed by atoms with Crippen LogP contribution in [0.25, 0.3) is 0 Å². The third-order valence-corrected chi connectivity index (χ3v) is 5.62. The molecular formula is C25H28N4O. The number of nitrogens with zero attached hydrogens (tertiary/aromatic N) is 2. The van der Waals surface area contributed by atoms with Gasteiger partial charge in [0.05, 0.1) is 0 Å². The van der Waals surface area contributed by atoms with Crippen molar-refractivity contribution in [2.24, 2.45) is 0 Å². The molecule has 0 saturated carbocycles. The van der Waals surface area contributed by atoms with Gasteiger partial charge in [-0.05, 0) is 41.2 Å². The van der Waals surface area contributed by atoms with E-state index in [0.29, 0.717) is 13.1 Å². The molecule has 30 heavy (non-hydrogen) atoms. The van der Waals surface area contributed by atoms with Crippen molar-refractivity contribution in [3.05, 3.63) is 101 Å². The fraction of sp³-hybridized carbons (Fsp3) is 0.280. The zero-order valence-electron chi connectivity index (χ0n) is 17.3. The molecule has 154 valence electrons. The van der Waals surface area contributed by atoms with Crippen molar-refractivity contribution >= 4 is 5.91 Å². The van der Waals surface area contributed by atoms with Crippen molar-refractivity contribution in [3.8, 4) is 0 Å². The first-order valence-corrected chi connectivity index (χ1v) is 10.5. The summed E-state index contributed by atoms with van der Waals surface area (Å²) in [5, 5.41) is 0. The number of hydrogen-bond acceptors (Lipinski definition) is 4. The lowest BCUT2D eigenvalue weighted by Gasteiger charge is -2.26. The van der Waals surface area contributed by atoms with Gasteiger partial charge in [0.25, 0.3) is 0 Å². The van der Waals surface area contributed by atoms with Gasteiger partial charge in [-0.25, -0.2) is 10.9 Å². The standard InChI is InChI=1S/C25H28N4O/c1-2-19-10-12-20(13-11-19)17-29(18-21-7-6-14-26-16-21)25(30)24-15-23(27-28-24)22-8-4-3-5-9-22/h3-14,16,23-24,27-28H,2,15,17-18H2,1H3. The Kier molecular flexibility index (Phi) is 6.52. The van der Waals surface area contributed by atoms with E-state index >= 15 is 0 Å². The number of amides is 1. The van der Waals surface area contributed by atoms with E-state index in [4.69, 9.17) is 0 Å². The third-order valence-electron chi connectivity index (χ3n) is 5.62. The number of carbonyl (C=O) groups is 1. The van der Waals surface area contributed by atoms with Crippen molar-refractivity contribution in [2.45, 2.75) is 44.9 Å². The Balaban J connectivity index is 1.50. The number of carbonyl (C=O) groups excluding carboxylic acids is 1. The molecule has 2 N–H and O–H groups in total. The number of aromatic nitrogens is 1. The SMILES string of the molecule is CCc1ccc(CN(Cc2cccnc2)C(=O)C2CC(c3ccccc3)NN2)cc1. The van der Waals surface area contributed by atoms with Gasteiger partial charge in [0.2, 0.25) is 5.91 Å². The third kappa shape index (κ3) is 4.93. The molecule has 2 atom stereocenters. The quantitative estimate of drug-likeness (QED) is 0.634. The number of pyridine rings is 1. The van der Waals surface area contributed by atoms with E-state index in [0.717, 1.165) is 24.0 Å². The zero-order chi connectivity index (χ0) is 20.8. The molecule has 1 aliphatic heterocycles. The maximum absolute atomic E-state index is 13.5. The highest BCUT2D eigenvalue weighted by Gasteiger charge is 2.33. The number of benzene rings is 2. The van der Waals surface area contributed by atoms with Gasteiger partial charge in [0, 0.05) is 31.5 Å². The van der Waals surface area contributed by atoms with Crippen LogP contribution in [0.15, 0.2) is 79.1 Å². The van der Waals surface area contributed by atoms with E-state index in [9.17, 15) is 4.79 Å². The minimum absolute atomic E-state index is 0.101. The normalized spacial score (nSPS) is 18.3. The summed E-state index contributed by atoms with van der Waals surface area (Å²) in [6.07, 6.45) is 5.32. The van der Waals surface area contributed by atoms with Gasteiger partial charge in [0.1, 0.15) is 6.04 Å². The highest BCUT2D eigenvalue weighted by Crippen LogP contribution is 2.24. The number of hydrogen-bond donors (Lipinski definition) is 2. The minimum atomic E-state index is -0.262. The predicted octanol–water partition coefficient (Wildman–Crippen LogP) is 3.78. The molecule has 0 bridgehead atoms. The van der Waals surface area contributed by atoms with E-state index in [1.807, 2.05) is 41.4 Å². The van der Waals surface area contributed by atoms with Crippen molar-refractivity contribution < 1.29 is 4.79 Å². The maximum Gasteiger partial charge on any atom is 0.241 e. The van der Waals surface area contributed by atoms with Crippen molar-refractivity contribution in [1.82, 2.24) is 20.7 Å². The first kappa shape index (κ1) is 20.3. The lowest BCUT2D eigenvalue weighted by atomic mass is 10.0. The molecule has 4 rings (SSSR count). The molecule has 0 radical (unpaired) electrons. The summed E-state index contributed by atoms with van der Waals surface area (Å²) < 4.78 is 0. The summed E-state index contributed by atoms with van der Waals surface area (Å²) in [5.74, 6) is 0.101. The van der Waals surface area contributed by atoms with E-state index in [1.165, 1.54) is 11.1 Å². The largest absolute Gasteiger partial charge is 0.333 e. The van der Waals surface area contributed by atoms with Gasteiger partial charge >= 0.3 is 0 Å². The summed E-state index contributed by atoms with van der Waals surface area (Å²) in [6, 6.07) is 22.6. The van der Waals surface area contributed by atoms with Crippen LogP contribution in [-0.2, 0) is 24.3 Å². The molecule has 5 heteroatoms. The first-order valence-electron chi connectivity index (χ1n) is 10.5. The number of rotatable bonds is 7. The monoisotopic (exact) mass is 400 g/mol. The Labute approximate surface area is 178 Å². The topological polar surface area (TPSA) is 57.3 Å². The molecule has 2 unspecified atom stereocenters. The zero-order valence-corrected chi connectivity index (χ0v) is 17.3. The molecule has 0 spiro atoms. The Morgan fingerprint density at radius 2 is 1.67 bits per heavy atom. The van der Waals surface area contributed by atoms with Crippen LogP contribution in [0.1, 0.15) is 41.6 Å². The number of aryl methyl sites for hydroxylation is 1. The van der Waals surface area contributed by atoms with Crippen LogP contribution in [0.3, 0.4) is 0 Å². The summed E-state index contributed by atoms with van der Waals surface area (Å²) >= 11 is 0. The average Bonchev–Trinajstić information content (AvgIpc) is 3.30. The van der Waals surface area contributed by atoms with Crippen molar-refractivity contribution in [3.63, 3.8) is 0 Å². The highest BCUT2D eigenvalue weighted by molar-refractivity contribution is 5.82. The second-order valence-electron chi connectivity index (χ2n) is 7.77. The van der Waals surface area contributed by atoms with Gasteiger partial charge in [-0.2, -0.15) is 0 Å². The van der Waals surface area contributed by atoms with Crippen LogP contribution in [-0.4, -0.2) is 21.8 Å². The highest BCUT2D eigenvalue weighted by atomic mass is 16.2. The Bertz CT molecular complexity index is 944. The van der Waals surface area contributed by atoms with E-state index in [2.05, 4.69) is 59.2 Å². The molecule has 2 aromatic carbocycles. The molecule has 2 heterocycles. The van der Waals surface area contributed by atoms with Gasteiger partial charge < -0.3 is 4.90 Å². The molecule has 5 nitrogen and oxygen atoms in total. The smallest absolute Gasteiger partial charge is 0.241 e. The minimum Gasteiger partial charge on any atom is -0.333 e. The summed E-state index contributed by atoms with van der Waals surface area (Å²) in [4.78, 5) is 19.6. The molecular weight excluding hydrogens is 372 g/mol. The van der Waals surface area contributed by atoms with Gasteiger partial charge in [-0.3, -0.25) is 9.78 Å². The first-order chi connectivity index (χ1) is 14.7. The Morgan fingerprint density at radius 1 is 0.933 bits per heavy atom. The molecule has 0 aliphatic carbocycles. The maximum atomic E-state index is 13.5. The van der Waals surface area contributed by atoms with Crippen LogP contribution < -0.4 is 10.9 Å². The second-order valence-corrected chi connectivity index (χ2v) is 7.77. The van der Waals surface area contributed by atoms with Gasteiger partial charge in [-0.15, -0.1) is 0 Å². The second kappa shape index (κ2) is 9.65. The molecule has 1 aromatic heterocycles. The van der Waals surface area contributed by atoms with E-state index < -0.39 is 0 Å². The summed E-state index contributed by atoms with van der Waals surface area (Å²) in [5.41, 5.74) is 11.2. The average molecular weight is 401 g/mol. The van der Waals surface area contributed by atoms with Gasteiger partial charge in [0.15, 0.2) is 0 Å². The lowest BCUT2D eigenvalue weighted by Crippen LogP contribution is -2.45. The van der Waals surface area contributed by atoms with Crippen LogP contribution >= 0.6 is 0 Å². The van der Waals surface area contributed by atoms with Crippen LogP contribution in [0.2, 0.25) is 0 Å². The number of nitrogens with one attached hydrogen (secondary N) is 2. The van der Waals surface area contributed by atoms with Crippen molar-refractivity contribution in [1.29, 1.82) is 0 Å². The molecule has 1 saturated heterocycles. The Hall–Kier alpha value is -3.02. The predicted molar refractivity (Wildman–Crippen MR) is 118 cm³/mol. The van der Waals surface area contributed by atoms with Gasteiger partial charge in [-0.1, -0.05) is 67.6 Å². The lowest BCUT2D eigenvalue weighted by molar-refractivity contribution is -0.134. The van der Waals surface area contributed by atoms with Crippen LogP contribution in [0, 0.1) is 0 Å². The molecule has 1 fully saturated rings. The van der Waals surface area contributed by atoms with Crippen LogP contribution in [0.5, 0.6) is 0 Å². The molecule has 1 amide bonds. The van der Waals surface area contributed by atoms with Crippen LogP contribution in [0.4, 0.5) is 0 Å². The van der Waals surface area contributed by atoms with E-state index in [-0.39, 0.29) is 18.0 Å². The van der Waals surface area contributed by atoms with E-state index in [1.54, 1.807) is 6.20 Å². The summed E-state index contributed by atoms with van der Waals surface area (Å²) in [6.45, 7) is 3.26. The fourth-order valence-corrected chi connectivity index (χ4v) is 3.87. The number of hydrazine groups is 1. The fourth-order valence-electron chi connectivity index (χ4n) is 3.87.